The summed E-state index contributed by atoms with van der Waals surface area (Å²) in [6.07, 6.45) is 6.51. The third-order valence-electron chi connectivity index (χ3n) is 2.95. The van der Waals surface area contributed by atoms with Gasteiger partial charge in [0.2, 0.25) is 0 Å². The van der Waals surface area contributed by atoms with Gasteiger partial charge >= 0.3 is 0 Å². The largest absolute Gasteiger partial charge is 0.475 e. The molecule has 1 unspecified atom stereocenters. The number of Topliss-reactive ketones (excluding diaryl/α,β-unsaturated/α-hetero) is 1. The minimum absolute atomic E-state index is 0.139. The number of hydrogen-bond donors (Lipinski definition) is 0. The Morgan fingerprint density at radius 1 is 1.30 bits per heavy atom. The van der Waals surface area contributed by atoms with Crippen LogP contribution in [0.25, 0.3) is 0 Å². The number of allylic oxidation sites excluding steroid dienone is 1. The van der Waals surface area contributed by atoms with E-state index in [4.69, 9.17) is 4.74 Å². The predicted molar refractivity (Wildman–Crippen MR) is 87.6 cm³/mol. The molecule has 1 aromatic carbocycles. The van der Waals surface area contributed by atoms with Gasteiger partial charge in [-0.15, -0.1) is 0 Å². The lowest BCUT2D eigenvalue weighted by molar-refractivity contribution is 0.0978. The summed E-state index contributed by atoms with van der Waals surface area (Å²) in [6, 6.07) is 7.35. The van der Waals surface area contributed by atoms with Gasteiger partial charge in [0.05, 0.1) is 0 Å². The van der Waals surface area contributed by atoms with Crippen molar-refractivity contribution in [2.75, 3.05) is 0 Å². The summed E-state index contributed by atoms with van der Waals surface area (Å²) in [7, 11) is 0. The van der Waals surface area contributed by atoms with Crippen LogP contribution < -0.4 is 4.74 Å². The molecule has 110 valence electrons. The zero-order valence-electron chi connectivity index (χ0n) is 12.4. The summed E-state index contributed by atoms with van der Waals surface area (Å²) < 4.78 is 5.62. The Hall–Kier alpha value is -1.09. The summed E-state index contributed by atoms with van der Waals surface area (Å²) in [5.41, 5.74) is 0.762. The van der Waals surface area contributed by atoms with Gasteiger partial charge in [0.1, 0.15) is 5.75 Å². The maximum Gasteiger partial charge on any atom is 0.171 e. The Bertz CT molecular complexity index is 435. The molecule has 0 bridgehead atoms. The van der Waals surface area contributed by atoms with E-state index in [2.05, 4.69) is 29.8 Å². The number of benzene rings is 1. The number of alkyl halides is 1. The van der Waals surface area contributed by atoms with E-state index < -0.39 is 0 Å². The van der Waals surface area contributed by atoms with Crippen molar-refractivity contribution >= 4 is 21.7 Å². The van der Waals surface area contributed by atoms with Crippen molar-refractivity contribution in [3.8, 4) is 5.75 Å². The molecule has 0 aliphatic heterocycles. The molecule has 1 rings (SSSR count). The lowest BCUT2D eigenvalue weighted by Crippen LogP contribution is -2.04. The zero-order chi connectivity index (χ0) is 15.0. The van der Waals surface area contributed by atoms with Crippen molar-refractivity contribution in [2.45, 2.75) is 45.0 Å². The number of hydrogen-bond acceptors (Lipinski definition) is 2. The van der Waals surface area contributed by atoms with Crippen molar-refractivity contribution in [1.82, 2.24) is 0 Å². The Morgan fingerprint density at radius 2 is 1.95 bits per heavy atom. The van der Waals surface area contributed by atoms with Gasteiger partial charge in [-0.05, 0) is 65.5 Å². The topological polar surface area (TPSA) is 26.3 Å². The fourth-order valence-electron chi connectivity index (χ4n) is 1.86. The third kappa shape index (κ3) is 6.38. The predicted octanol–water partition coefficient (Wildman–Crippen LogP) is 5.37. The number of ketones is 1. The van der Waals surface area contributed by atoms with Crippen LogP contribution in [0, 0.1) is 5.92 Å². The van der Waals surface area contributed by atoms with E-state index >= 15 is 0 Å². The maximum absolute atomic E-state index is 12.0. The molecule has 3 heteroatoms. The minimum atomic E-state index is -0.139. The molecule has 20 heavy (non-hydrogen) atoms. The van der Waals surface area contributed by atoms with Gasteiger partial charge in [0.15, 0.2) is 10.8 Å². The summed E-state index contributed by atoms with van der Waals surface area (Å²) in [5.74, 6) is 1.62. The molecular weight excluding hydrogens is 316 g/mol. The highest BCUT2D eigenvalue weighted by atomic mass is 79.9. The molecule has 0 N–H and O–H groups in total. The van der Waals surface area contributed by atoms with E-state index in [0.717, 1.165) is 24.2 Å². The van der Waals surface area contributed by atoms with Gasteiger partial charge in [-0.25, -0.2) is 0 Å². The van der Waals surface area contributed by atoms with E-state index in [1.165, 1.54) is 0 Å². The summed E-state index contributed by atoms with van der Waals surface area (Å²) in [4.78, 5) is 12.0. The van der Waals surface area contributed by atoms with Crippen LogP contribution in [0.15, 0.2) is 36.4 Å². The second-order valence-corrected chi connectivity index (χ2v) is 6.13. The second-order valence-electron chi connectivity index (χ2n) is 5.23. The van der Waals surface area contributed by atoms with Crippen LogP contribution in [0.1, 0.15) is 50.4 Å². The molecule has 0 saturated carbocycles. The zero-order valence-corrected chi connectivity index (χ0v) is 14.0. The van der Waals surface area contributed by atoms with Crippen LogP contribution in [-0.2, 0) is 0 Å². The molecule has 2 nitrogen and oxygen atoms in total. The van der Waals surface area contributed by atoms with Gasteiger partial charge in [-0.3, -0.25) is 4.79 Å². The van der Waals surface area contributed by atoms with Crippen LogP contribution in [0.2, 0.25) is 0 Å². The van der Waals surface area contributed by atoms with Crippen molar-refractivity contribution in [1.29, 1.82) is 0 Å². The Balaban J connectivity index is 2.51. The smallest absolute Gasteiger partial charge is 0.171 e. The van der Waals surface area contributed by atoms with Crippen LogP contribution in [-0.4, -0.2) is 10.8 Å². The molecule has 1 aromatic rings. The van der Waals surface area contributed by atoms with E-state index in [9.17, 15) is 4.79 Å². The number of halogens is 1. The molecule has 0 aliphatic carbocycles. The van der Waals surface area contributed by atoms with Crippen LogP contribution in [0.3, 0.4) is 0 Å². The second kappa shape index (κ2) is 8.96. The highest BCUT2D eigenvalue weighted by molar-refractivity contribution is 9.09. The first-order valence-corrected chi connectivity index (χ1v) is 8.01. The molecule has 0 saturated heterocycles. The van der Waals surface area contributed by atoms with Crippen LogP contribution >= 0.6 is 15.9 Å². The van der Waals surface area contributed by atoms with Gasteiger partial charge in [0.25, 0.3) is 0 Å². The minimum Gasteiger partial charge on any atom is -0.475 e. The number of rotatable bonds is 8. The SMILES string of the molecule is C/C=C/C(Br)Oc1ccc(C(=O)CCCC(C)C)cc1. The van der Waals surface area contributed by atoms with Gasteiger partial charge in [0, 0.05) is 12.0 Å². The summed E-state index contributed by atoms with van der Waals surface area (Å²) in [5, 5.41) is -0.139. The molecule has 0 spiro atoms. The van der Waals surface area contributed by atoms with Gasteiger partial charge in [-0.2, -0.15) is 0 Å². The molecule has 0 amide bonds. The molecule has 0 radical (unpaired) electrons. The standard InChI is InChI=1S/C17H23BrO2/c1-4-6-17(18)20-15-11-9-14(10-12-15)16(19)8-5-7-13(2)3/h4,6,9-13,17H,5,7-8H2,1-3H3/b6-4+. The first-order valence-electron chi connectivity index (χ1n) is 7.09. The monoisotopic (exact) mass is 338 g/mol. The average Bonchev–Trinajstić information content (AvgIpc) is 2.39. The summed E-state index contributed by atoms with van der Waals surface area (Å²) >= 11 is 3.39. The average molecular weight is 339 g/mol. The summed E-state index contributed by atoms with van der Waals surface area (Å²) in [6.45, 7) is 6.30. The Kier molecular flexibility index (Phi) is 7.60. The molecule has 1 atom stereocenters. The van der Waals surface area contributed by atoms with E-state index in [1.807, 2.05) is 43.3 Å². The molecule has 0 aromatic heterocycles. The fourth-order valence-corrected chi connectivity index (χ4v) is 2.38. The molecule has 0 fully saturated rings. The van der Waals surface area contributed by atoms with E-state index in [1.54, 1.807) is 0 Å². The van der Waals surface area contributed by atoms with Crippen LogP contribution in [0.5, 0.6) is 5.75 Å². The first-order chi connectivity index (χ1) is 9.52. The molecular formula is C17H23BrO2. The van der Waals surface area contributed by atoms with Crippen LogP contribution in [0.4, 0.5) is 0 Å². The van der Waals surface area contributed by atoms with Crippen molar-refractivity contribution in [3.63, 3.8) is 0 Å². The highest BCUT2D eigenvalue weighted by Crippen LogP contribution is 2.18. The number of ether oxygens (including phenoxy) is 1. The molecule has 0 aliphatic rings. The fraction of sp³-hybridized carbons (Fsp3) is 0.471. The Labute approximate surface area is 130 Å². The van der Waals surface area contributed by atoms with Crippen molar-refractivity contribution < 1.29 is 9.53 Å². The normalized spacial score (nSPS) is 12.8. The van der Waals surface area contributed by atoms with E-state index in [-0.39, 0.29) is 10.8 Å². The highest BCUT2D eigenvalue weighted by Gasteiger charge is 2.07. The maximum atomic E-state index is 12.0. The number of carbonyl (C=O) groups is 1. The number of carbonyl (C=O) groups excluding carboxylic acids is 1. The third-order valence-corrected chi connectivity index (χ3v) is 3.45. The molecule has 0 heterocycles. The quantitative estimate of drug-likeness (QED) is 0.361. The van der Waals surface area contributed by atoms with Gasteiger partial charge in [-0.1, -0.05) is 26.3 Å². The first kappa shape index (κ1) is 17.0. The van der Waals surface area contributed by atoms with E-state index in [0.29, 0.717) is 12.3 Å². The lowest BCUT2D eigenvalue weighted by atomic mass is 10.0. The Morgan fingerprint density at radius 3 is 2.50 bits per heavy atom. The van der Waals surface area contributed by atoms with Gasteiger partial charge < -0.3 is 4.74 Å². The lowest BCUT2D eigenvalue weighted by Gasteiger charge is -2.09. The van der Waals surface area contributed by atoms with Crippen molar-refractivity contribution in [3.05, 3.63) is 42.0 Å². The van der Waals surface area contributed by atoms with Crippen molar-refractivity contribution in [2.24, 2.45) is 5.92 Å².